The van der Waals surface area contributed by atoms with Gasteiger partial charge in [0.15, 0.2) is 5.78 Å². The van der Waals surface area contributed by atoms with E-state index in [9.17, 15) is 4.79 Å². The molecule has 0 aliphatic heterocycles. The Kier molecular flexibility index (Phi) is 3.56. The summed E-state index contributed by atoms with van der Waals surface area (Å²) in [6.07, 6.45) is 0.439. The average Bonchev–Trinajstić information content (AvgIpc) is 2.58. The van der Waals surface area contributed by atoms with Gasteiger partial charge >= 0.3 is 0 Å². The summed E-state index contributed by atoms with van der Waals surface area (Å²) in [4.78, 5) is 12.4. The minimum absolute atomic E-state index is 0.145. The topological polar surface area (TPSA) is 34.9 Å². The molecule has 3 heteroatoms. The van der Waals surface area contributed by atoms with Gasteiger partial charge < -0.3 is 0 Å². The van der Waals surface area contributed by atoms with Crippen molar-refractivity contribution < 1.29 is 4.79 Å². The molecule has 1 aromatic heterocycles. The molecular formula is C16H20N2O. The fraction of sp³-hybridized carbons (Fsp3) is 0.375. The van der Waals surface area contributed by atoms with Crippen LogP contribution in [0.15, 0.2) is 18.2 Å². The number of nitrogens with zero attached hydrogens (tertiary/aromatic N) is 2. The maximum absolute atomic E-state index is 12.4. The number of aryl methyl sites for hydroxylation is 4. The molecule has 0 aliphatic carbocycles. The Balaban J connectivity index is 2.28. The SMILES string of the molecule is Cc1ccc(CC(=O)c2c(C)nn(C)c2C)cc1C. The summed E-state index contributed by atoms with van der Waals surface area (Å²) in [7, 11) is 1.87. The predicted octanol–water partition coefficient (Wildman–Crippen LogP) is 3.08. The van der Waals surface area contributed by atoms with Crippen LogP contribution in [0.3, 0.4) is 0 Å². The Hall–Kier alpha value is -1.90. The van der Waals surface area contributed by atoms with Crippen LogP contribution in [0.2, 0.25) is 0 Å². The van der Waals surface area contributed by atoms with E-state index in [1.807, 2.05) is 27.0 Å². The molecule has 1 heterocycles. The van der Waals surface area contributed by atoms with E-state index in [-0.39, 0.29) is 5.78 Å². The van der Waals surface area contributed by atoms with Gasteiger partial charge in [-0.05, 0) is 44.4 Å². The highest BCUT2D eigenvalue weighted by atomic mass is 16.1. The molecule has 0 fully saturated rings. The van der Waals surface area contributed by atoms with Gasteiger partial charge in [-0.2, -0.15) is 5.10 Å². The quantitative estimate of drug-likeness (QED) is 0.791. The third-order valence-electron chi connectivity index (χ3n) is 3.72. The molecule has 100 valence electrons. The monoisotopic (exact) mass is 256 g/mol. The Morgan fingerprint density at radius 1 is 1.16 bits per heavy atom. The molecule has 0 aliphatic rings. The first-order valence-electron chi connectivity index (χ1n) is 6.49. The zero-order chi connectivity index (χ0) is 14.2. The molecule has 3 nitrogen and oxygen atoms in total. The first kappa shape index (κ1) is 13.5. The molecular weight excluding hydrogens is 236 g/mol. The number of hydrogen-bond acceptors (Lipinski definition) is 2. The number of ketones is 1. The summed E-state index contributed by atoms with van der Waals surface area (Å²) in [6, 6.07) is 6.19. The maximum atomic E-state index is 12.4. The minimum atomic E-state index is 0.145. The third-order valence-corrected chi connectivity index (χ3v) is 3.72. The Morgan fingerprint density at radius 2 is 1.84 bits per heavy atom. The molecule has 0 unspecified atom stereocenters. The summed E-state index contributed by atoms with van der Waals surface area (Å²) >= 11 is 0. The molecule has 0 saturated heterocycles. The first-order valence-corrected chi connectivity index (χ1v) is 6.49. The largest absolute Gasteiger partial charge is 0.294 e. The molecule has 1 aromatic carbocycles. The zero-order valence-electron chi connectivity index (χ0n) is 12.2. The summed E-state index contributed by atoms with van der Waals surface area (Å²) < 4.78 is 1.77. The molecule has 19 heavy (non-hydrogen) atoms. The molecule has 0 radical (unpaired) electrons. The minimum Gasteiger partial charge on any atom is -0.294 e. The molecule has 0 N–H and O–H groups in total. The van der Waals surface area contributed by atoms with E-state index < -0.39 is 0 Å². The van der Waals surface area contributed by atoms with Gasteiger partial charge in [0.1, 0.15) is 0 Å². The second-order valence-corrected chi connectivity index (χ2v) is 5.19. The smallest absolute Gasteiger partial charge is 0.170 e. The van der Waals surface area contributed by atoms with Crippen molar-refractivity contribution in [3.63, 3.8) is 0 Å². The van der Waals surface area contributed by atoms with Crippen molar-refractivity contribution in [3.05, 3.63) is 51.8 Å². The molecule has 2 aromatic rings. The van der Waals surface area contributed by atoms with Gasteiger partial charge in [-0.1, -0.05) is 18.2 Å². The van der Waals surface area contributed by atoms with Gasteiger partial charge in [0, 0.05) is 19.2 Å². The van der Waals surface area contributed by atoms with Crippen LogP contribution in [-0.4, -0.2) is 15.6 Å². The molecule has 0 amide bonds. The summed E-state index contributed by atoms with van der Waals surface area (Å²) in [6.45, 7) is 7.98. The highest BCUT2D eigenvalue weighted by molar-refractivity contribution is 5.99. The number of benzene rings is 1. The first-order chi connectivity index (χ1) is 8.90. The van der Waals surface area contributed by atoms with Crippen LogP contribution in [-0.2, 0) is 13.5 Å². The van der Waals surface area contributed by atoms with Crippen LogP contribution in [0.5, 0.6) is 0 Å². The number of carbonyl (C=O) groups is 1. The third kappa shape index (κ3) is 2.60. The van der Waals surface area contributed by atoms with Gasteiger partial charge in [-0.3, -0.25) is 9.48 Å². The predicted molar refractivity (Wildman–Crippen MR) is 76.6 cm³/mol. The van der Waals surface area contributed by atoms with E-state index in [2.05, 4.69) is 31.1 Å². The fourth-order valence-electron chi connectivity index (χ4n) is 2.36. The lowest BCUT2D eigenvalue weighted by Crippen LogP contribution is -2.07. The molecule has 0 atom stereocenters. The van der Waals surface area contributed by atoms with Crippen molar-refractivity contribution in [1.82, 2.24) is 9.78 Å². The highest BCUT2D eigenvalue weighted by Gasteiger charge is 2.17. The Labute approximate surface area is 114 Å². The molecule has 2 rings (SSSR count). The fourth-order valence-corrected chi connectivity index (χ4v) is 2.36. The zero-order valence-corrected chi connectivity index (χ0v) is 12.2. The van der Waals surface area contributed by atoms with Gasteiger partial charge in [0.25, 0.3) is 0 Å². The van der Waals surface area contributed by atoms with E-state index in [1.165, 1.54) is 11.1 Å². The van der Waals surface area contributed by atoms with Crippen molar-refractivity contribution in [3.8, 4) is 0 Å². The van der Waals surface area contributed by atoms with Crippen LogP contribution in [0, 0.1) is 27.7 Å². The van der Waals surface area contributed by atoms with Crippen LogP contribution >= 0.6 is 0 Å². The van der Waals surface area contributed by atoms with Crippen molar-refractivity contribution in [2.24, 2.45) is 7.05 Å². The normalized spacial score (nSPS) is 10.8. The van der Waals surface area contributed by atoms with Crippen LogP contribution in [0.1, 0.15) is 38.4 Å². The van der Waals surface area contributed by atoms with Crippen LogP contribution < -0.4 is 0 Å². The number of rotatable bonds is 3. The van der Waals surface area contributed by atoms with E-state index in [1.54, 1.807) is 4.68 Å². The molecule has 0 spiro atoms. The lowest BCUT2D eigenvalue weighted by atomic mass is 9.99. The van der Waals surface area contributed by atoms with Crippen molar-refractivity contribution in [1.29, 1.82) is 0 Å². The number of carbonyl (C=O) groups excluding carboxylic acids is 1. The molecule has 0 bridgehead atoms. The van der Waals surface area contributed by atoms with Crippen molar-refractivity contribution in [2.45, 2.75) is 34.1 Å². The number of hydrogen-bond donors (Lipinski definition) is 0. The highest BCUT2D eigenvalue weighted by Crippen LogP contribution is 2.17. The van der Waals surface area contributed by atoms with Crippen LogP contribution in [0.4, 0.5) is 0 Å². The number of Topliss-reactive ketones (excluding diaryl/α,β-unsaturated/α-hetero) is 1. The lowest BCUT2D eigenvalue weighted by Gasteiger charge is -2.05. The second-order valence-electron chi connectivity index (χ2n) is 5.19. The standard InChI is InChI=1S/C16H20N2O/c1-10-6-7-14(8-11(10)2)9-15(19)16-12(3)17-18(5)13(16)4/h6-8H,9H2,1-5H3. The summed E-state index contributed by atoms with van der Waals surface area (Å²) in [5, 5.41) is 4.30. The van der Waals surface area contributed by atoms with Crippen LogP contribution in [0.25, 0.3) is 0 Å². The Morgan fingerprint density at radius 3 is 2.37 bits per heavy atom. The maximum Gasteiger partial charge on any atom is 0.170 e. The van der Waals surface area contributed by atoms with Gasteiger partial charge in [-0.25, -0.2) is 0 Å². The van der Waals surface area contributed by atoms with E-state index in [0.29, 0.717) is 6.42 Å². The van der Waals surface area contributed by atoms with Gasteiger partial charge in [-0.15, -0.1) is 0 Å². The Bertz CT molecular complexity index is 638. The second kappa shape index (κ2) is 5.00. The van der Waals surface area contributed by atoms with E-state index >= 15 is 0 Å². The van der Waals surface area contributed by atoms with E-state index in [0.717, 1.165) is 22.5 Å². The van der Waals surface area contributed by atoms with Crippen molar-refractivity contribution in [2.75, 3.05) is 0 Å². The van der Waals surface area contributed by atoms with Gasteiger partial charge in [0.05, 0.1) is 11.3 Å². The van der Waals surface area contributed by atoms with Crippen molar-refractivity contribution >= 4 is 5.78 Å². The summed E-state index contributed by atoms with van der Waals surface area (Å²) in [5.41, 5.74) is 6.06. The molecule has 0 saturated carbocycles. The van der Waals surface area contributed by atoms with Gasteiger partial charge in [0.2, 0.25) is 0 Å². The average molecular weight is 256 g/mol. The van der Waals surface area contributed by atoms with E-state index in [4.69, 9.17) is 0 Å². The summed E-state index contributed by atoms with van der Waals surface area (Å²) in [5.74, 6) is 0.145. The lowest BCUT2D eigenvalue weighted by molar-refractivity contribution is 0.0991. The number of aromatic nitrogens is 2.